The van der Waals surface area contributed by atoms with Crippen LogP contribution in [0.5, 0.6) is 0 Å². The number of halogens is 4. The molecule has 0 amide bonds. The van der Waals surface area contributed by atoms with Gasteiger partial charge in [-0.15, -0.1) is 0 Å². The second-order valence-electron chi connectivity index (χ2n) is 4.50. The molecule has 124 valence electrons. The molecule has 2 aromatic heterocycles. The van der Waals surface area contributed by atoms with Crippen molar-refractivity contribution in [1.82, 2.24) is 9.97 Å². The van der Waals surface area contributed by atoms with Crippen LogP contribution in [0, 0.1) is 5.82 Å². The standard InChI is InChI=1S/C14H13F4N3O2/c1-3-19-12-9(15)6-7-5-8(13(22)23-4-2)10(14(16,17)18)20-11(7)21-12/h5-6H,3-4H2,1-2H3,(H,19,20,21). The Morgan fingerprint density at radius 2 is 1.96 bits per heavy atom. The molecule has 0 atom stereocenters. The van der Waals surface area contributed by atoms with E-state index in [9.17, 15) is 22.4 Å². The minimum atomic E-state index is -4.87. The van der Waals surface area contributed by atoms with Gasteiger partial charge in [-0.05, 0) is 26.0 Å². The lowest BCUT2D eigenvalue weighted by atomic mass is 10.1. The third-order valence-electron chi connectivity index (χ3n) is 2.87. The molecular weight excluding hydrogens is 318 g/mol. The van der Waals surface area contributed by atoms with Gasteiger partial charge in [0.15, 0.2) is 23.0 Å². The third-order valence-corrected chi connectivity index (χ3v) is 2.87. The molecular formula is C14H13F4N3O2. The van der Waals surface area contributed by atoms with Crippen molar-refractivity contribution >= 4 is 22.8 Å². The maximum absolute atomic E-state index is 13.8. The van der Waals surface area contributed by atoms with Crippen LogP contribution in [0.1, 0.15) is 29.9 Å². The molecule has 0 unspecified atom stereocenters. The summed E-state index contributed by atoms with van der Waals surface area (Å²) in [6.45, 7) is 3.38. The van der Waals surface area contributed by atoms with Crippen LogP contribution in [0.3, 0.4) is 0 Å². The molecule has 0 saturated heterocycles. The van der Waals surface area contributed by atoms with Crippen molar-refractivity contribution < 1.29 is 27.1 Å². The van der Waals surface area contributed by atoms with Gasteiger partial charge in [-0.25, -0.2) is 19.2 Å². The van der Waals surface area contributed by atoms with Crippen molar-refractivity contribution in [2.45, 2.75) is 20.0 Å². The number of rotatable bonds is 4. The van der Waals surface area contributed by atoms with Crippen molar-refractivity contribution in [1.29, 1.82) is 0 Å². The highest BCUT2D eigenvalue weighted by atomic mass is 19.4. The molecule has 2 heterocycles. The van der Waals surface area contributed by atoms with Gasteiger partial charge >= 0.3 is 12.1 Å². The summed E-state index contributed by atoms with van der Waals surface area (Å²) < 4.78 is 57.8. The van der Waals surface area contributed by atoms with E-state index in [0.717, 1.165) is 12.1 Å². The van der Waals surface area contributed by atoms with Gasteiger partial charge in [-0.2, -0.15) is 13.2 Å². The van der Waals surface area contributed by atoms with Crippen LogP contribution < -0.4 is 5.32 Å². The quantitative estimate of drug-likeness (QED) is 0.687. The van der Waals surface area contributed by atoms with Crippen LogP contribution in [0.25, 0.3) is 11.0 Å². The van der Waals surface area contributed by atoms with Crippen molar-refractivity contribution in [2.24, 2.45) is 0 Å². The Labute approximate surface area is 128 Å². The molecule has 0 spiro atoms. The van der Waals surface area contributed by atoms with E-state index in [0.29, 0.717) is 6.54 Å². The van der Waals surface area contributed by atoms with Crippen molar-refractivity contribution in [3.8, 4) is 0 Å². The molecule has 23 heavy (non-hydrogen) atoms. The van der Waals surface area contributed by atoms with Gasteiger partial charge in [-0.3, -0.25) is 0 Å². The minimum absolute atomic E-state index is 0.0276. The Balaban J connectivity index is 2.70. The highest BCUT2D eigenvalue weighted by Gasteiger charge is 2.38. The monoisotopic (exact) mass is 331 g/mol. The number of alkyl halides is 3. The number of hydrogen-bond acceptors (Lipinski definition) is 5. The van der Waals surface area contributed by atoms with E-state index in [2.05, 4.69) is 20.0 Å². The highest BCUT2D eigenvalue weighted by Crippen LogP contribution is 2.33. The number of aromatic nitrogens is 2. The third kappa shape index (κ3) is 3.49. The number of nitrogens with one attached hydrogen (secondary N) is 1. The van der Waals surface area contributed by atoms with Crippen LogP contribution in [0.15, 0.2) is 12.1 Å². The number of carbonyl (C=O) groups excluding carboxylic acids is 1. The van der Waals surface area contributed by atoms with Crippen LogP contribution in [-0.4, -0.2) is 29.1 Å². The number of pyridine rings is 2. The summed E-state index contributed by atoms with van der Waals surface area (Å²) in [5.74, 6) is -2.13. The van der Waals surface area contributed by atoms with Crippen LogP contribution in [0.2, 0.25) is 0 Å². The zero-order valence-electron chi connectivity index (χ0n) is 12.3. The Hall–Kier alpha value is -2.45. The zero-order valence-corrected chi connectivity index (χ0v) is 12.3. The molecule has 0 radical (unpaired) electrons. The molecule has 9 heteroatoms. The van der Waals surface area contributed by atoms with Crippen molar-refractivity contribution in [2.75, 3.05) is 18.5 Å². The molecule has 0 saturated carbocycles. The van der Waals surface area contributed by atoms with Crippen molar-refractivity contribution in [3.63, 3.8) is 0 Å². The first-order valence-corrected chi connectivity index (χ1v) is 6.77. The number of nitrogens with zero attached hydrogens (tertiary/aromatic N) is 2. The molecule has 0 aliphatic heterocycles. The summed E-state index contributed by atoms with van der Waals surface area (Å²) >= 11 is 0. The highest BCUT2D eigenvalue weighted by molar-refractivity contribution is 5.95. The Morgan fingerprint density at radius 3 is 2.52 bits per heavy atom. The maximum Gasteiger partial charge on any atom is 0.434 e. The van der Waals surface area contributed by atoms with Crippen molar-refractivity contribution in [3.05, 3.63) is 29.2 Å². The fourth-order valence-corrected chi connectivity index (χ4v) is 1.95. The Morgan fingerprint density at radius 1 is 1.26 bits per heavy atom. The van der Waals surface area contributed by atoms with Gasteiger partial charge < -0.3 is 10.1 Å². The number of carbonyl (C=O) groups is 1. The van der Waals surface area contributed by atoms with Gasteiger partial charge in [0.05, 0.1) is 12.2 Å². The minimum Gasteiger partial charge on any atom is -0.462 e. The fourth-order valence-electron chi connectivity index (χ4n) is 1.95. The number of fused-ring (bicyclic) bond motifs is 1. The molecule has 1 N–H and O–H groups in total. The molecule has 2 rings (SSSR count). The predicted octanol–water partition coefficient (Wildman–Crippen LogP) is 3.40. The molecule has 0 aliphatic carbocycles. The normalized spacial score (nSPS) is 11.6. The number of anilines is 1. The molecule has 0 aromatic carbocycles. The van der Waals surface area contributed by atoms with E-state index in [1.54, 1.807) is 6.92 Å². The molecule has 2 aromatic rings. The molecule has 0 aliphatic rings. The number of hydrogen-bond donors (Lipinski definition) is 1. The summed E-state index contributed by atoms with van der Waals surface area (Å²) in [7, 11) is 0. The first-order chi connectivity index (χ1) is 10.8. The lowest BCUT2D eigenvalue weighted by molar-refractivity contribution is -0.141. The smallest absolute Gasteiger partial charge is 0.434 e. The lowest BCUT2D eigenvalue weighted by Gasteiger charge is -2.13. The topological polar surface area (TPSA) is 64.1 Å². The summed E-state index contributed by atoms with van der Waals surface area (Å²) in [6.07, 6.45) is -4.87. The first-order valence-electron chi connectivity index (χ1n) is 6.77. The summed E-state index contributed by atoms with van der Waals surface area (Å²) in [5.41, 5.74) is -2.50. The van der Waals surface area contributed by atoms with Crippen LogP contribution >= 0.6 is 0 Å². The largest absolute Gasteiger partial charge is 0.462 e. The van der Waals surface area contributed by atoms with Gasteiger partial charge in [-0.1, -0.05) is 0 Å². The van der Waals surface area contributed by atoms with E-state index in [-0.39, 0.29) is 23.5 Å². The average molecular weight is 331 g/mol. The Kier molecular flexibility index (Phi) is 4.67. The lowest BCUT2D eigenvalue weighted by Crippen LogP contribution is -2.18. The van der Waals surface area contributed by atoms with E-state index < -0.39 is 29.2 Å². The van der Waals surface area contributed by atoms with Gasteiger partial charge in [0, 0.05) is 11.9 Å². The van der Waals surface area contributed by atoms with E-state index in [1.165, 1.54) is 6.92 Å². The van der Waals surface area contributed by atoms with Gasteiger partial charge in [0.25, 0.3) is 0 Å². The second-order valence-corrected chi connectivity index (χ2v) is 4.50. The summed E-state index contributed by atoms with van der Waals surface area (Å²) in [4.78, 5) is 18.8. The van der Waals surface area contributed by atoms with Gasteiger partial charge in [0.2, 0.25) is 0 Å². The molecule has 0 bridgehead atoms. The summed E-state index contributed by atoms with van der Waals surface area (Å²) in [5, 5.41) is 2.56. The molecule has 0 fully saturated rings. The van der Waals surface area contributed by atoms with Crippen LogP contribution in [-0.2, 0) is 10.9 Å². The van der Waals surface area contributed by atoms with E-state index >= 15 is 0 Å². The number of esters is 1. The molecule has 5 nitrogen and oxygen atoms in total. The maximum atomic E-state index is 13.8. The average Bonchev–Trinajstić information content (AvgIpc) is 2.46. The first kappa shape index (κ1) is 16.9. The second kappa shape index (κ2) is 6.35. The van der Waals surface area contributed by atoms with E-state index in [4.69, 9.17) is 0 Å². The summed E-state index contributed by atoms with van der Waals surface area (Å²) in [6, 6.07) is 1.85. The fraction of sp³-hybridized carbons (Fsp3) is 0.357. The van der Waals surface area contributed by atoms with Crippen LogP contribution in [0.4, 0.5) is 23.4 Å². The zero-order chi connectivity index (χ0) is 17.2. The van der Waals surface area contributed by atoms with E-state index in [1.807, 2.05) is 0 Å². The van der Waals surface area contributed by atoms with Gasteiger partial charge in [0.1, 0.15) is 0 Å². The predicted molar refractivity (Wildman–Crippen MR) is 74.6 cm³/mol. The Bertz CT molecular complexity index is 747. The number of ether oxygens (including phenoxy) is 1. The SMILES string of the molecule is CCNc1nc2nc(C(F)(F)F)c(C(=O)OCC)cc2cc1F.